The Balaban J connectivity index is 2.46. The molecule has 0 aromatic carbocycles. The molecular weight excluding hydrogens is 152 g/mol. The summed E-state index contributed by atoms with van der Waals surface area (Å²) in [5.41, 5.74) is 5.82. The van der Waals surface area contributed by atoms with Crippen LogP contribution in [0, 0.1) is 0 Å². The van der Waals surface area contributed by atoms with Crippen LogP contribution in [0.4, 0.5) is 0 Å². The molecular formula is C9H20N2O. The molecule has 1 heterocycles. The Bertz CT molecular complexity index is 147. The number of ether oxygens (including phenoxy) is 1. The van der Waals surface area contributed by atoms with Crippen LogP contribution < -0.4 is 5.73 Å². The highest BCUT2D eigenvalue weighted by Gasteiger charge is 2.32. The van der Waals surface area contributed by atoms with Crippen molar-refractivity contribution in [3.05, 3.63) is 0 Å². The molecule has 1 atom stereocenters. The fraction of sp³-hybridized carbons (Fsp3) is 1.00. The van der Waals surface area contributed by atoms with Crippen LogP contribution in [0.15, 0.2) is 0 Å². The van der Waals surface area contributed by atoms with E-state index in [9.17, 15) is 0 Å². The monoisotopic (exact) mass is 172 g/mol. The topological polar surface area (TPSA) is 38.5 Å². The average molecular weight is 172 g/mol. The molecule has 0 spiro atoms. The first-order valence-corrected chi connectivity index (χ1v) is 4.58. The Morgan fingerprint density at radius 1 is 1.58 bits per heavy atom. The lowest BCUT2D eigenvalue weighted by atomic mass is 10.0. The number of methoxy groups -OCH3 is 1. The van der Waals surface area contributed by atoms with Crippen molar-refractivity contribution in [2.45, 2.75) is 31.9 Å². The number of nitrogens with zero attached hydrogens (tertiary/aromatic N) is 1. The molecule has 0 bridgehead atoms. The number of likely N-dealkylation sites (tertiary alicyclic amines) is 1. The van der Waals surface area contributed by atoms with Gasteiger partial charge in [0.05, 0.1) is 6.10 Å². The lowest BCUT2D eigenvalue weighted by Crippen LogP contribution is -2.48. The largest absolute Gasteiger partial charge is 0.380 e. The molecule has 1 unspecified atom stereocenters. The normalized spacial score (nSPS) is 26.5. The van der Waals surface area contributed by atoms with Gasteiger partial charge in [0.15, 0.2) is 0 Å². The molecule has 2 N–H and O–H groups in total. The first-order valence-electron chi connectivity index (χ1n) is 4.58. The van der Waals surface area contributed by atoms with E-state index in [-0.39, 0.29) is 5.54 Å². The highest BCUT2D eigenvalue weighted by Crippen LogP contribution is 2.21. The summed E-state index contributed by atoms with van der Waals surface area (Å²) in [4.78, 5) is 2.40. The lowest BCUT2D eigenvalue weighted by Gasteiger charge is -2.34. The minimum atomic E-state index is 0.132. The second-order valence-corrected chi connectivity index (χ2v) is 4.11. The minimum absolute atomic E-state index is 0.132. The summed E-state index contributed by atoms with van der Waals surface area (Å²) < 4.78 is 5.30. The van der Waals surface area contributed by atoms with Gasteiger partial charge in [-0.25, -0.2) is 0 Å². The van der Waals surface area contributed by atoms with E-state index < -0.39 is 0 Å². The molecule has 0 amide bonds. The number of nitrogens with two attached hydrogens (primary N) is 1. The molecule has 0 saturated carbocycles. The number of rotatable bonds is 3. The van der Waals surface area contributed by atoms with Gasteiger partial charge in [-0.3, -0.25) is 4.90 Å². The summed E-state index contributed by atoms with van der Waals surface area (Å²) in [6, 6.07) is 0. The maximum atomic E-state index is 5.69. The fourth-order valence-corrected chi connectivity index (χ4v) is 1.60. The zero-order valence-electron chi connectivity index (χ0n) is 8.34. The van der Waals surface area contributed by atoms with Crippen molar-refractivity contribution in [2.24, 2.45) is 5.73 Å². The van der Waals surface area contributed by atoms with Gasteiger partial charge in [0.1, 0.15) is 0 Å². The van der Waals surface area contributed by atoms with Gasteiger partial charge in [-0.1, -0.05) is 0 Å². The first-order chi connectivity index (χ1) is 5.60. The van der Waals surface area contributed by atoms with Crippen molar-refractivity contribution in [1.29, 1.82) is 0 Å². The summed E-state index contributed by atoms with van der Waals surface area (Å²) in [7, 11) is 1.78. The first kappa shape index (κ1) is 9.96. The van der Waals surface area contributed by atoms with Gasteiger partial charge in [0.25, 0.3) is 0 Å². The van der Waals surface area contributed by atoms with Gasteiger partial charge < -0.3 is 10.5 Å². The Hall–Kier alpha value is -0.120. The van der Waals surface area contributed by atoms with Gasteiger partial charge in [-0.2, -0.15) is 0 Å². The van der Waals surface area contributed by atoms with Crippen molar-refractivity contribution < 1.29 is 4.74 Å². The molecule has 0 aromatic rings. The minimum Gasteiger partial charge on any atom is -0.380 e. The van der Waals surface area contributed by atoms with Crippen molar-refractivity contribution in [2.75, 3.05) is 26.7 Å². The Morgan fingerprint density at radius 3 is 2.67 bits per heavy atom. The summed E-state index contributed by atoms with van der Waals surface area (Å²) in [5.74, 6) is 0. The predicted octanol–water partition coefficient (Wildman–Crippen LogP) is 0.444. The maximum Gasteiger partial charge on any atom is 0.0710 e. The van der Waals surface area contributed by atoms with E-state index in [2.05, 4.69) is 18.7 Å². The summed E-state index contributed by atoms with van der Waals surface area (Å²) in [6.45, 7) is 7.23. The zero-order valence-corrected chi connectivity index (χ0v) is 8.34. The van der Waals surface area contributed by atoms with Crippen LogP contribution in [0.2, 0.25) is 0 Å². The number of hydrogen-bond donors (Lipinski definition) is 1. The summed E-state index contributed by atoms with van der Waals surface area (Å²) >= 11 is 0. The van der Waals surface area contributed by atoms with E-state index in [0.717, 1.165) is 19.5 Å². The van der Waals surface area contributed by atoms with E-state index in [1.165, 1.54) is 0 Å². The molecule has 1 aliphatic heterocycles. The fourth-order valence-electron chi connectivity index (χ4n) is 1.60. The molecule has 3 nitrogen and oxygen atoms in total. The summed E-state index contributed by atoms with van der Waals surface area (Å²) in [6.07, 6.45) is 1.55. The van der Waals surface area contributed by atoms with Crippen molar-refractivity contribution in [3.8, 4) is 0 Å². The van der Waals surface area contributed by atoms with Crippen LogP contribution in [0.3, 0.4) is 0 Å². The molecule has 0 radical (unpaired) electrons. The van der Waals surface area contributed by atoms with Gasteiger partial charge >= 0.3 is 0 Å². The Labute approximate surface area is 74.9 Å². The van der Waals surface area contributed by atoms with Crippen molar-refractivity contribution in [1.82, 2.24) is 4.90 Å². The van der Waals surface area contributed by atoms with Crippen LogP contribution in [0.5, 0.6) is 0 Å². The highest BCUT2D eigenvalue weighted by molar-refractivity contribution is 4.88. The van der Waals surface area contributed by atoms with Crippen LogP contribution in [-0.4, -0.2) is 43.3 Å². The SMILES string of the molecule is COC1CCN(C(C)(C)CN)C1. The molecule has 1 aliphatic rings. The average Bonchev–Trinajstić information content (AvgIpc) is 2.52. The van der Waals surface area contributed by atoms with Gasteiger partial charge in [0.2, 0.25) is 0 Å². The van der Waals surface area contributed by atoms with Crippen LogP contribution in [-0.2, 0) is 4.74 Å². The van der Waals surface area contributed by atoms with Crippen LogP contribution >= 0.6 is 0 Å². The lowest BCUT2D eigenvalue weighted by molar-refractivity contribution is 0.0862. The van der Waals surface area contributed by atoms with E-state index in [1.54, 1.807) is 7.11 Å². The quantitative estimate of drug-likeness (QED) is 0.671. The van der Waals surface area contributed by atoms with Crippen molar-refractivity contribution in [3.63, 3.8) is 0 Å². The maximum absolute atomic E-state index is 5.69. The molecule has 1 saturated heterocycles. The van der Waals surface area contributed by atoms with Crippen LogP contribution in [0.25, 0.3) is 0 Å². The second kappa shape index (κ2) is 3.73. The molecule has 1 rings (SSSR count). The standard InChI is InChI=1S/C9H20N2O/c1-9(2,7-10)11-5-4-8(6-11)12-3/h8H,4-7,10H2,1-3H3. The highest BCUT2D eigenvalue weighted by atomic mass is 16.5. The molecule has 12 heavy (non-hydrogen) atoms. The van der Waals surface area contributed by atoms with E-state index in [4.69, 9.17) is 10.5 Å². The van der Waals surface area contributed by atoms with Gasteiger partial charge in [0, 0.05) is 32.3 Å². The Kier molecular flexibility index (Phi) is 3.09. The van der Waals surface area contributed by atoms with Gasteiger partial charge in [-0.15, -0.1) is 0 Å². The smallest absolute Gasteiger partial charge is 0.0710 e. The van der Waals surface area contributed by atoms with E-state index in [0.29, 0.717) is 12.6 Å². The molecule has 0 aliphatic carbocycles. The van der Waals surface area contributed by atoms with E-state index >= 15 is 0 Å². The third-order valence-corrected chi connectivity index (χ3v) is 2.83. The molecule has 72 valence electrons. The Morgan fingerprint density at radius 2 is 2.25 bits per heavy atom. The molecule has 3 heteroatoms. The third kappa shape index (κ3) is 1.97. The molecule has 1 fully saturated rings. The van der Waals surface area contributed by atoms with Crippen LogP contribution in [0.1, 0.15) is 20.3 Å². The second-order valence-electron chi connectivity index (χ2n) is 4.11. The van der Waals surface area contributed by atoms with Crippen molar-refractivity contribution >= 4 is 0 Å². The molecule has 0 aromatic heterocycles. The van der Waals surface area contributed by atoms with E-state index in [1.807, 2.05) is 0 Å². The number of hydrogen-bond acceptors (Lipinski definition) is 3. The van der Waals surface area contributed by atoms with Gasteiger partial charge in [-0.05, 0) is 20.3 Å². The zero-order chi connectivity index (χ0) is 9.19. The summed E-state index contributed by atoms with van der Waals surface area (Å²) in [5, 5.41) is 0. The third-order valence-electron chi connectivity index (χ3n) is 2.83. The predicted molar refractivity (Wildman–Crippen MR) is 50.1 cm³/mol.